The van der Waals surface area contributed by atoms with Crippen molar-refractivity contribution in [3.63, 3.8) is 0 Å². The van der Waals surface area contributed by atoms with Crippen molar-refractivity contribution in [1.29, 1.82) is 0 Å². The van der Waals surface area contributed by atoms with Gasteiger partial charge in [0.15, 0.2) is 0 Å². The summed E-state index contributed by atoms with van der Waals surface area (Å²) in [4.78, 5) is 0. The van der Waals surface area contributed by atoms with E-state index in [1.165, 1.54) is 50.0 Å². The molecule has 0 aromatic rings. The maximum Gasteiger partial charge on any atom is 0.0878 e. The molecule has 2 fully saturated rings. The molecule has 1 radical (unpaired) electrons. The molecule has 0 nitrogen and oxygen atoms in total. The van der Waals surface area contributed by atoms with Gasteiger partial charge in [-0.2, -0.15) is 0 Å². The molecule has 0 aromatic heterocycles. The van der Waals surface area contributed by atoms with E-state index in [-0.39, 0.29) is 0 Å². The molecule has 1 saturated heterocycles. The largest absolute Gasteiger partial charge is 0.141 e. The minimum atomic E-state index is 0.981. The smallest absolute Gasteiger partial charge is 0.0878 e. The molecule has 2 rings (SSSR count). The van der Waals surface area contributed by atoms with Crippen LogP contribution in [0.2, 0.25) is 0 Å². The Morgan fingerprint density at radius 2 is 1.50 bits per heavy atom. The van der Waals surface area contributed by atoms with Crippen molar-refractivity contribution in [2.24, 2.45) is 5.92 Å². The number of thioether (sulfide) groups is 2. The van der Waals surface area contributed by atoms with Crippen molar-refractivity contribution in [1.82, 2.24) is 0 Å². The summed E-state index contributed by atoms with van der Waals surface area (Å²) in [5, 5.41) is 0. The van der Waals surface area contributed by atoms with Crippen LogP contribution in [0, 0.1) is 10.5 Å². The minimum Gasteiger partial charge on any atom is -0.141 e. The third-order valence-electron chi connectivity index (χ3n) is 2.72. The monoisotopic (exact) mass is 201 g/mol. The second-order valence-corrected chi connectivity index (χ2v) is 6.24. The molecule has 2 heteroatoms. The van der Waals surface area contributed by atoms with Gasteiger partial charge in [-0.25, -0.2) is 0 Å². The van der Waals surface area contributed by atoms with Gasteiger partial charge in [-0.1, -0.05) is 19.3 Å². The lowest BCUT2D eigenvalue weighted by Crippen LogP contribution is -2.14. The zero-order valence-electron chi connectivity index (χ0n) is 7.55. The Hall–Kier alpha value is 0.700. The molecule has 2 aliphatic rings. The first-order valence-corrected chi connectivity index (χ1v) is 7.06. The summed E-state index contributed by atoms with van der Waals surface area (Å²) in [6.07, 6.45) is 8.83. The Bertz CT molecular complexity index is 108. The molecule has 0 bridgehead atoms. The Kier molecular flexibility index (Phi) is 3.71. The molecule has 0 N–H and O–H groups in total. The van der Waals surface area contributed by atoms with Crippen molar-refractivity contribution < 1.29 is 0 Å². The van der Waals surface area contributed by atoms with Crippen LogP contribution in [0.5, 0.6) is 0 Å². The normalized spacial score (nSPS) is 29.0. The third-order valence-corrected chi connectivity index (χ3v) is 5.64. The Morgan fingerprint density at radius 3 is 2.17 bits per heavy atom. The second-order valence-electron chi connectivity index (χ2n) is 3.70. The Morgan fingerprint density at radius 1 is 0.833 bits per heavy atom. The molecule has 0 aromatic carbocycles. The molecule has 0 spiro atoms. The second kappa shape index (κ2) is 4.80. The maximum absolute atomic E-state index is 2.15. The SMILES string of the molecule is C1CCC([C]2SCCCS2)CC1. The molecule has 1 saturated carbocycles. The van der Waals surface area contributed by atoms with Gasteiger partial charge >= 0.3 is 0 Å². The first kappa shape index (κ1) is 9.26. The fraction of sp³-hybridized carbons (Fsp3) is 0.900. The minimum absolute atomic E-state index is 0.981. The zero-order chi connectivity index (χ0) is 8.23. The molecule has 0 unspecified atom stereocenters. The van der Waals surface area contributed by atoms with Gasteiger partial charge in [0.1, 0.15) is 0 Å². The van der Waals surface area contributed by atoms with Gasteiger partial charge in [-0.15, -0.1) is 23.5 Å². The first-order chi connectivity index (χ1) is 5.97. The van der Waals surface area contributed by atoms with E-state index < -0.39 is 0 Å². The topological polar surface area (TPSA) is 0 Å². The number of rotatable bonds is 1. The van der Waals surface area contributed by atoms with Crippen LogP contribution in [0.15, 0.2) is 0 Å². The van der Waals surface area contributed by atoms with Crippen molar-refractivity contribution >= 4 is 23.5 Å². The quantitative estimate of drug-likeness (QED) is 0.630. The number of hydrogen-bond acceptors (Lipinski definition) is 2. The van der Waals surface area contributed by atoms with Crippen LogP contribution in [-0.2, 0) is 0 Å². The van der Waals surface area contributed by atoms with Crippen LogP contribution in [0.25, 0.3) is 0 Å². The predicted octanol–water partition coefficient (Wildman–Crippen LogP) is 3.93. The highest BCUT2D eigenvalue weighted by atomic mass is 32.2. The van der Waals surface area contributed by atoms with Gasteiger partial charge in [-0.05, 0) is 36.7 Å². The van der Waals surface area contributed by atoms with Crippen LogP contribution in [0.1, 0.15) is 38.5 Å². The van der Waals surface area contributed by atoms with Gasteiger partial charge in [-0.3, -0.25) is 0 Å². The molecule has 1 aliphatic heterocycles. The van der Waals surface area contributed by atoms with Crippen LogP contribution in [0.3, 0.4) is 0 Å². The number of hydrogen-bond donors (Lipinski definition) is 0. The molecular weight excluding hydrogens is 184 g/mol. The molecule has 12 heavy (non-hydrogen) atoms. The standard InChI is InChI=1S/C10H17S2/c1-2-5-9(6-3-1)10-11-7-4-8-12-10/h9H,1-8H2. The molecule has 0 amide bonds. The summed E-state index contributed by atoms with van der Waals surface area (Å²) in [6, 6.07) is 0. The molecule has 1 heterocycles. The first-order valence-electron chi connectivity index (χ1n) is 5.09. The van der Waals surface area contributed by atoms with E-state index >= 15 is 0 Å². The van der Waals surface area contributed by atoms with Crippen LogP contribution in [-0.4, -0.2) is 11.5 Å². The lowest BCUT2D eigenvalue weighted by atomic mass is 9.91. The van der Waals surface area contributed by atoms with Crippen LogP contribution in [0.4, 0.5) is 0 Å². The van der Waals surface area contributed by atoms with Gasteiger partial charge in [0.05, 0.1) is 4.58 Å². The van der Waals surface area contributed by atoms with Gasteiger partial charge in [0, 0.05) is 0 Å². The summed E-state index contributed by atoms with van der Waals surface area (Å²) in [7, 11) is 0. The van der Waals surface area contributed by atoms with Gasteiger partial charge in [0.2, 0.25) is 0 Å². The molecular formula is C10H17S2. The lowest BCUT2D eigenvalue weighted by Gasteiger charge is -2.30. The summed E-state index contributed by atoms with van der Waals surface area (Å²) < 4.78 is 1.78. The fourth-order valence-electron chi connectivity index (χ4n) is 2.02. The van der Waals surface area contributed by atoms with Gasteiger partial charge in [0.25, 0.3) is 0 Å². The maximum atomic E-state index is 2.15. The van der Waals surface area contributed by atoms with E-state index in [1.807, 2.05) is 0 Å². The van der Waals surface area contributed by atoms with Crippen molar-refractivity contribution in [2.45, 2.75) is 38.5 Å². The molecule has 0 atom stereocenters. The van der Waals surface area contributed by atoms with Crippen molar-refractivity contribution in [2.75, 3.05) is 11.5 Å². The molecule has 69 valence electrons. The third kappa shape index (κ3) is 2.35. The van der Waals surface area contributed by atoms with E-state index in [1.54, 1.807) is 4.58 Å². The van der Waals surface area contributed by atoms with Gasteiger partial charge < -0.3 is 0 Å². The lowest BCUT2D eigenvalue weighted by molar-refractivity contribution is 0.406. The van der Waals surface area contributed by atoms with E-state index in [4.69, 9.17) is 0 Å². The average molecular weight is 201 g/mol. The highest BCUT2D eigenvalue weighted by Gasteiger charge is 2.26. The average Bonchev–Trinajstić information content (AvgIpc) is 2.21. The van der Waals surface area contributed by atoms with Crippen molar-refractivity contribution in [3.05, 3.63) is 4.58 Å². The summed E-state index contributed by atoms with van der Waals surface area (Å²) >= 11 is 4.30. The fourth-order valence-corrected chi connectivity index (χ4v) is 4.96. The van der Waals surface area contributed by atoms with E-state index in [0.717, 1.165) is 5.92 Å². The molecule has 1 aliphatic carbocycles. The Labute approximate surface area is 84.3 Å². The van der Waals surface area contributed by atoms with E-state index in [0.29, 0.717) is 0 Å². The Balaban J connectivity index is 1.80. The van der Waals surface area contributed by atoms with Crippen molar-refractivity contribution in [3.8, 4) is 0 Å². The van der Waals surface area contributed by atoms with Crippen LogP contribution >= 0.6 is 23.5 Å². The van der Waals surface area contributed by atoms with E-state index in [2.05, 4.69) is 23.5 Å². The summed E-state index contributed by atoms with van der Waals surface area (Å²) in [5.41, 5.74) is 0. The van der Waals surface area contributed by atoms with Crippen LogP contribution < -0.4 is 0 Å². The predicted molar refractivity (Wildman–Crippen MR) is 59.4 cm³/mol. The van der Waals surface area contributed by atoms with E-state index in [9.17, 15) is 0 Å². The summed E-state index contributed by atoms with van der Waals surface area (Å²) in [5.74, 6) is 3.76. The summed E-state index contributed by atoms with van der Waals surface area (Å²) in [6.45, 7) is 0. The zero-order valence-corrected chi connectivity index (χ0v) is 9.18. The highest BCUT2D eigenvalue weighted by Crippen LogP contribution is 2.47. The highest BCUT2D eigenvalue weighted by molar-refractivity contribution is 8.21.